The monoisotopic (exact) mass is 337 g/mol. The summed E-state index contributed by atoms with van der Waals surface area (Å²) in [7, 11) is 0. The maximum absolute atomic E-state index is 10.2. The second-order valence-electron chi connectivity index (χ2n) is 5.48. The standard InChI is InChI=1S/C6H13NO2.C5H11NO2.C3H7NO2/c1-3-4(2)5(7)6(8)9;1-3(2)4(6)5(7)8;1-2(4)3(5)6/h4-5H,3,7H2,1-2H3,(H,8,9);3-4H,6H2,1-2H3,(H,7,8);2H,4H2,1H3,(H,5,6). The molecule has 0 saturated heterocycles. The van der Waals surface area contributed by atoms with Gasteiger partial charge in [-0.2, -0.15) is 0 Å². The lowest BCUT2D eigenvalue weighted by molar-refractivity contribution is -0.140. The van der Waals surface area contributed by atoms with Crippen LogP contribution in [0.15, 0.2) is 0 Å². The first kappa shape index (κ1) is 26.2. The largest absolute Gasteiger partial charge is 0.480 e. The fraction of sp³-hybridized carbons (Fsp3) is 0.786. The molecule has 0 spiro atoms. The van der Waals surface area contributed by atoms with Gasteiger partial charge in [0.2, 0.25) is 0 Å². The molecule has 9 heteroatoms. The number of carboxylic acids is 3. The summed E-state index contributed by atoms with van der Waals surface area (Å²) >= 11 is 0. The number of nitrogens with two attached hydrogens (primary N) is 3. The number of aliphatic carboxylic acids is 3. The van der Waals surface area contributed by atoms with E-state index in [0.29, 0.717) is 0 Å². The fourth-order valence-electron chi connectivity index (χ4n) is 0.782. The van der Waals surface area contributed by atoms with Crippen LogP contribution in [0.5, 0.6) is 0 Å². The first-order chi connectivity index (χ1) is 10.3. The summed E-state index contributed by atoms with van der Waals surface area (Å²) < 4.78 is 0. The fourth-order valence-corrected chi connectivity index (χ4v) is 0.782. The second kappa shape index (κ2) is 13.9. The third-order valence-corrected chi connectivity index (χ3v) is 2.94. The predicted octanol–water partition coefficient (Wildman–Crippen LogP) is -0.0831. The summed E-state index contributed by atoms with van der Waals surface area (Å²) in [6.45, 7) is 8.73. The average molecular weight is 337 g/mol. The van der Waals surface area contributed by atoms with Gasteiger partial charge < -0.3 is 32.5 Å². The molecule has 0 aliphatic heterocycles. The van der Waals surface area contributed by atoms with E-state index in [1.54, 1.807) is 13.8 Å². The molecule has 0 saturated carbocycles. The van der Waals surface area contributed by atoms with Crippen molar-refractivity contribution in [2.24, 2.45) is 29.0 Å². The lowest BCUT2D eigenvalue weighted by Gasteiger charge is -2.11. The summed E-state index contributed by atoms with van der Waals surface area (Å²) in [4.78, 5) is 29.8. The van der Waals surface area contributed by atoms with Crippen molar-refractivity contribution in [3.63, 3.8) is 0 Å². The zero-order chi connectivity index (χ0) is 19.3. The van der Waals surface area contributed by atoms with Gasteiger partial charge in [-0.1, -0.05) is 34.1 Å². The topological polar surface area (TPSA) is 190 Å². The van der Waals surface area contributed by atoms with Gasteiger partial charge in [-0.15, -0.1) is 0 Å². The van der Waals surface area contributed by atoms with Crippen LogP contribution < -0.4 is 17.2 Å². The predicted molar refractivity (Wildman–Crippen MR) is 86.8 cm³/mol. The molecule has 0 aromatic heterocycles. The molecule has 0 aromatic rings. The van der Waals surface area contributed by atoms with Crippen LogP contribution in [0.4, 0.5) is 0 Å². The highest BCUT2D eigenvalue weighted by molar-refractivity contribution is 5.73. The van der Waals surface area contributed by atoms with Crippen molar-refractivity contribution < 1.29 is 29.7 Å². The van der Waals surface area contributed by atoms with Crippen LogP contribution in [0.2, 0.25) is 0 Å². The molecule has 0 aliphatic rings. The molecule has 0 amide bonds. The van der Waals surface area contributed by atoms with Crippen molar-refractivity contribution in [1.29, 1.82) is 0 Å². The number of hydrogen-bond donors (Lipinski definition) is 6. The summed E-state index contributed by atoms with van der Waals surface area (Å²) in [6.07, 6.45) is 0.813. The quantitative estimate of drug-likeness (QED) is 0.384. The molecular formula is C14H31N3O6. The van der Waals surface area contributed by atoms with E-state index in [1.165, 1.54) is 6.92 Å². The molecular weight excluding hydrogens is 306 g/mol. The van der Waals surface area contributed by atoms with Gasteiger partial charge in [0.1, 0.15) is 18.1 Å². The van der Waals surface area contributed by atoms with E-state index in [1.807, 2.05) is 13.8 Å². The van der Waals surface area contributed by atoms with Gasteiger partial charge in [-0.05, 0) is 18.8 Å². The van der Waals surface area contributed by atoms with Gasteiger partial charge in [-0.25, -0.2) is 0 Å². The molecule has 9 N–H and O–H groups in total. The van der Waals surface area contributed by atoms with E-state index in [2.05, 4.69) is 0 Å². The maximum Gasteiger partial charge on any atom is 0.320 e. The average Bonchev–Trinajstić information content (AvgIpc) is 2.45. The van der Waals surface area contributed by atoms with Gasteiger partial charge in [0.15, 0.2) is 0 Å². The highest BCUT2D eigenvalue weighted by atomic mass is 16.4. The SMILES string of the molecule is CC(C)C(N)C(=O)O.CC(N)C(=O)O.CCC(C)C(N)C(=O)O. The first-order valence-corrected chi connectivity index (χ1v) is 7.24. The summed E-state index contributed by atoms with van der Waals surface area (Å²) in [5, 5.41) is 24.5. The Morgan fingerprint density at radius 3 is 1.13 bits per heavy atom. The second-order valence-corrected chi connectivity index (χ2v) is 5.48. The Hall–Kier alpha value is -1.71. The molecule has 0 fully saturated rings. The minimum Gasteiger partial charge on any atom is -0.480 e. The summed E-state index contributed by atoms with van der Waals surface area (Å²) in [5.41, 5.74) is 15.3. The molecule has 138 valence electrons. The molecule has 4 unspecified atom stereocenters. The van der Waals surface area contributed by atoms with Crippen molar-refractivity contribution in [3.05, 3.63) is 0 Å². The van der Waals surface area contributed by atoms with Crippen molar-refractivity contribution in [2.75, 3.05) is 0 Å². The normalized spacial score (nSPS) is 15.0. The molecule has 23 heavy (non-hydrogen) atoms. The molecule has 4 atom stereocenters. The molecule has 0 rings (SSSR count). The molecule has 0 radical (unpaired) electrons. The van der Waals surface area contributed by atoms with Crippen molar-refractivity contribution in [2.45, 2.75) is 59.2 Å². The van der Waals surface area contributed by atoms with Gasteiger partial charge in [0.05, 0.1) is 0 Å². The van der Waals surface area contributed by atoms with Gasteiger partial charge in [-0.3, -0.25) is 14.4 Å². The maximum atomic E-state index is 10.2. The lowest BCUT2D eigenvalue weighted by atomic mass is 10.0. The van der Waals surface area contributed by atoms with Gasteiger partial charge in [0, 0.05) is 0 Å². The third kappa shape index (κ3) is 16.5. The van der Waals surface area contributed by atoms with Crippen LogP contribution in [0.1, 0.15) is 41.0 Å². The smallest absolute Gasteiger partial charge is 0.320 e. The van der Waals surface area contributed by atoms with Crippen molar-refractivity contribution in [3.8, 4) is 0 Å². The van der Waals surface area contributed by atoms with Crippen LogP contribution >= 0.6 is 0 Å². The van der Waals surface area contributed by atoms with E-state index in [-0.39, 0.29) is 11.8 Å². The van der Waals surface area contributed by atoms with Crippen molar-refractivity contribution >= 4 is 17.9 Å². The van der Waals surface area contributed by atoms with Crippen LogP contribution in [-0.2, 0) is 14.4 Å². The third-order valence-electron chi connectivity index (χ3n) is 2.94. The Bertz CT molecular complexity index is 360. The first-order valence-electron chi connectivity index (χ1n) is 7.24. The number of carbonyl (C=O) groups is 3. The minimum absolute atomic E-state index is 0.0208. The molecule has 0 heterocycles. The van der Waals surface area contributed by atoms with Crippen LogP contribution in [0, 0.1) is 11.8 Å². The molecule has 0 aliphatic carbocycles. The van der Waals surface area contributed by atoms with Crippen molar-refractivity contribution in [1.82, 2.24) is 0 Å². The Kier molecular flexibility index (Phi) is 15.9. The zero-order valence-corrected chi connectivity index (χ0v) is 14.4. The van der Waals surface area contributed by atoms with Gasteiger partial charge >= 0.3 is 17.9 Å². The van der Waals surface area contributed by atoms with E-state index < -0.39 is 36.0 Å². The minimum atomic E-state index is -0.963. The van der Waals surface area contributed by atoms with E-state index >= 15 is 0 Å². The summed E-state index contributed by atoms with van der Waals surface area (Å²) in [6, 6.07) is -2.14. The van der Waals surface area contributed by atoms with E-state index in [4.69, 9.17) is 32.5 Å². The number of hydrogen-bond acceptors (Lipinski definition) is 6. The number of carboxylic acid groups (broad SMARTS) is 3. The molecule has 9 nitrogen and oxygen atoms in total. The Morgan fingerprint density at radius 2 is 1.09 bits per heavy atom. The van der Waals surface area contributed by atoms with E-state index in [0.717, 1.165) is 6.42 Å². The highest BCUT2D eigenvalue weighted by Gasteiger charge is 2.17. The van der Waals surface area contributed by atoms with Crippen LogP contribution in [0.25, 0.3) is 0 Å². The van der Waals surface area contributed by atoms with Crippen LogP contribution in [0.3, 0.4) is 0 Å². The molecule has 0 bridgehead atoms. The number of rotatable bonds is 6. The Balaban J connectivity index is -0.000000266. The van der Waals surface area contributed by atoms with Gasteiger partial charge in [0.25, 0.3) is 0 Å². The Labute approximate surface area is 136 Å². The van der Waals surface area contributed by atoms with Crippen LogP contribution in [-0.4, -0.2) is 51.4 Å². The van der Waals surface area contributed by atoms with E-state index in [9.17, 15) is 14.4 Å². The highest BCUT2D eigenvalue weighted by Crippen LogP contribution is 2.04. The summed E-state index contributed by atoms with van der Waals surface area (Å²) in [5.74, 6) is -2.71. The lowest BCUT2D eigenvalue weighted by Crippen LogP contribution is -2.36. The zero-order valence-electron chi connectivity index (χ0n) is 14.4. The molecule has 0 aromatic carbocycles. The Morgan fingerprint density at radius 1 is 0.783 bits per heavy atom.